The van der Waals surface area contributed by atoms with Crippen LogP contribution in [0.2, 0.25) is 0 Å². The van der Waals surface area contributed by atoms with E-state index in [9.17, 15) is 0 Å². The maximum atomic E-state index is 2.97. The maximum absolute atomic E-state index is 2.97. The SMILES string of the molecule is CCCCc1cc2c(-c3cccc4ccccc34)cccc2[cH-]1.CCCCc1cc2c(-c3cccc4ccccc34)cccc2[cH-]1.Cl.Cl.[CH3-].[CH3-].[Si]=[Ti]. The van der Waals surface area contributed by atoms with Gasteiger partial charge in [0.2, 0.25) is 0 Å². The van der Waals surface area contributed by atoms with Crippen molar-refractivity contribution < 1.29 is 19.2 Å². The van der Waals surface area contributed by atoms with Gasteiger partial charge in [-0.2, -0.15) is 12.1 Å². The van der Waals surface area contributed by atoms with Crippen molar-refractivity contribution in [2.75, 3.05) is 0 Å². The molecule has 0 amide bonds. The van der Waals surface area contributed by atoms with E-state index in [1.807, 2.05) is 0 Å². The molecule has 0 saturated carbocycles. The fraction of sp³-hybridized carbons (Fsp3) is 0.167. The minimum atomic E-state index is 0. The molecule has 8 aromatic carbocycles. The van der Waals surface area contributed by atoms with Crippen LogP contribution in [-0.2, 0) is 32.0 Å². The number of hydrogen-bond acceptors (Lipinski definition) is 0. The minimum absolute atomic E-state index is 0. The Kier molecular flexibility index (Phi) is 18.9. The van der Waals surface area contributed by atoms with Gasteiger partial charge in [-0.3, -0.25) is 0 Å². The molecular formula is C48H50Cl2SiTi-4. The molecule has 8 rings (SSSR count). The second-order valence-electron chi connectivity index (χ2n) is 12.6. The van der Waals surface area contributed by atoms with E-state index in [1.54, 1.807) is 19.2 Å². The number of hydrogen-bond donors (Lipinski definition) is 0. The Morgan fingerprint density at radius 2 is 0.769 bits per heavy atom. The molecule has 0 fully saturated rings. The predicted octanol–water partition coefficient (Wildman–Crippen LogP) is 14.8. The molecule has 0 aliphatic carbocycles. The Bertz CT molecular complexity index is 2110. The standard InChI is InChI=1S/2C23H21.2CH3.2ClH.Si.Ti/c2*1-2-3-8-17-15-19-11-7-14-22(23(19)16-17)21-13-6-10-18-9-4-5-12-20(18)21;;;;;;/h2*4-7,9-16H,2-3,8H2,1H3;2*1H3;2*1H;;/q4*-1;;;;. The van der Waals surface area contributed by atoms with Crippen LogP contribution in [0.3, 0.4) is 0 Å². The van der Waals surface area contributed by atoms with E-state index in [2.05, 4.69) is 167 Å². The molecule has 268 valence electrons. The molecule has 0 N–H and O–H groups in total. The van der Waals surface area contributed by atoms with Gasteiger partial charge in [0.1, 0.15) is 0 Å². The van der Waals surface area contributed by atoms with Crippen molar-refractivity contribution in [3.8, 4) is 22.3 Å². The van der Waals surface area contributed by atoms with Crippen LogP contribution in [0.15, 0.2) is 146 Å². The Morgan fingerprint density at radius 1 is 0.442 bits per heavy atom. The summed E-state index contributed by atoms with van der Waals surface area (Å²) in [6, 6.07) is 53.4. The zero-order chi connectivity index (χ0) is 33.3. The van der Waals surface area contributed by atoms with Gasteiger partial charge in [-0.25, -0.2) is 0 Å². The normalized spacial score (nSPS) is 10.1. The molecule has 2 radical (unpaired) electrons. The van der Waals surface area contributed by atoms with Gasteiger partial charge >= 0.3 is 26.8 Å². The summed E-state index contributed by atoms with van der Waals surface area (Å²) in [5.41, 5.74) is 8.30. The van der Waals surface area contributed by atoms with E-state index < -0.39 is 0 Å². The fourth-order valence-corrected chi connectivity index (χ4v) is 7.03. The molecule has 52 heavy (non-hydrogen) atoms. The van der Waals surface area contributed by atoms with Gasteiger partial charge in [0.25, 0.3) is 0 Å². The van der Waals surface area contributed by atoms with Crippen LogP contribution in [0.5, 0.6) is 0 Å². The molecule has 0 aliphatic rings. The first kappa shape index (κ1) is 44.7. The Hall–Kier alpha value is -3.43. The predicted molar refractivity (Wildman–Crippen MR) is 235 cm³/mol. The number of unbranched alkanes of at least 4 members (excludes halogenated alkanes) is 2. The molecule has 0 atom stereocenters. The van der Waals surface area contributed by atoms with Crippen LogP contribution >= 0.6 is 24.8 Å². The van der Waals surface area contributed by atoms with Crippen molar-refractivity contribution in [1.82, 2.24) is 0 Å². The second-order valence-corrected chi connectivity index (χ2v) is 12.6. The number of rotatable bonds is 8. The molecular weight excluding hydrogens is 723 g/mol. The molecule has 0 aromatic heterocycles. The zero-order valence-corrected chi connectivity index (χ0v) is 35.1. The summed E-state index contributed by atoms with van der Waals surface area (Å²) in [5.74, 6) is 0. The van der Waals surface area contributed by atoms with Gasteiger partial charge in [-0.15, -0.1) is 93.9 Å². The molecule has 0 nitrogen and oxygen atoms in total. The number of benzene rings is 6. The van der Waals surface area contributed by atoms with Crippen molar-refractivity contribution in [2.45, 2.75) is 52.4 Å². The number of aryl methyl sites for hydroxylation is 2. The zero-order valence-electron chi connectivity index (χ0n) is 30.9. The van der Waals surface area contributed by atoms with Crippen LogP contribution in [0, 0.1) is 14.9 Å². The molecule has 8 aromatic rings. The van der Waals surface area contributed by atoms with Crippen LogP contribution in [0.4, 0.5) is 0 Å². The Morgan fingerprint density at radius 3 is 1.15 bits per heavy atom. The van der Waals surface area contributed by atoms with E-state index in [0.29, 0.717) is 0 Å². The van der Waals surface area contributed by atoms with E-state index >= 15 is 0 Å². The van der Waals surface area contributed by atoms with E-state index in [0.717, 1.165) is 0 Å². The van der Waals surface area contributed by atoms with Gasteiger partial charge in [-0.1, -0.05) is 148 Å². The summed E-state index contributed by atoms with van der Waals surface area (Å²) in [7, 11) is 2.97. The van der Waals surface area contributed by atoms with Crippen molar-refractivity contribution >= 4 is 75.5 Å². The topological polar surface area (TPSA) is 0 Å². The first-order valence-corrected chi connectivity index (χ1v) is 20.2. The van der Waals surface area contributed by atoms with Gasteiger partial charge in [0.15, 0.2) is 0 Å². The van der Waals surface area contributed by atoms with Crippen LogP contribution in [0.1, 0.15) is 50.7 Å². The monoisotopic (exact) mass is 772 g/mol. The third-order valence-electron chi connectivity index (χ3n) is 9.42. The van der Waals surface area contributed by atoms with Crippen molar-refractivity contribution in [3.63, 3.8) is 0 Å². The number of fused-ring (bicyclic) bond motifs is 4. The van der Waals surface area contributed by atoms with Crippen LogP contribution < -0.4 is 0 Å². The molecule has 0 unspecified atom stereocenters. The fourth-order valence-electron chi connectivity index (χ4n) is 7.03. The quantitative estimate of drug-likeness (QED) is 0.107. The summed E-state index contributed by atoms with van der Waals surface area (Å²) in [6.45, 7) is 4.51. The molecule has 0 aliphatic heterocycles. The van der Waals surface area contributed by atoms with E-state index in [1.165, 1.54) is 115 Å². The van der Waals surface area contributed by atoms with Gasteiger partial charge in [0.05, 0.1) is 0 Å². The Labute approximate surface area is 338 Å². The summed E-state index contributed by atoms with van der Waals surface area (Å²) >= 11 is 1.81. The molecule has 0 saturated heterocycles. The molecule has 0 bridgehead atoms. The van der Waals surface area contributed by atoms with Crippen molar-refractivity contribution in [3.05, 3.63) is 172 Å². The second kappa shape index (κ2) is 21.9. The summed E-state index contributed by atoms with van der Waals surface area (Å²) in [6.07, 6.45) is 7.38. The third-order valence-corrected chi connectivity index (χ3v) is 9.42. The van der Waals surface area contributed by atoms with Crippen molar-refractivity contribution in [2.24, 2.45) is 0 Å². The first-order chi connectivity index (χ1) is 23.7. The van der Waals surface area contributed by atoms with Crippen molar-refractivity contribution in [1.29, 1.82) is 0 Å². The average Bonchev–Trinajstić information content (AvgIpc) is 3.78. The van der Waals surface area contributed by atoms with Crippen LogP contribution in [0.25, 0.3) is 65.3 Å². The third kappa shape index (κ3) is 9.95. The summed E-state index contributed by atoms with van der Waals surface area (Å²) in [5, 5.41) is 10.8. The van der Waals surface area contributed by atoms with Gasteiger partial charge < -0.3 is 14.9 Å². The van der Waals surface area contributed by atoms with Gasteiger partial charge in [0, 0.05) is 0 Å². The van der Waals surface area contributed by atoms with E-state index in [-0.39, 0.29) is 39.7 Å². The van der Waals surface area contributed by atoms with Crippen LogP contribution in [-0.4, -0.2) is 7.63 Å². The first-order valence-electron chi connectivity index (χ1n) is 17.3. The average molecular weight is 774 g/mol. The molecule has 0 spiro atoms. The Balaban J connectivity index is 0.000000320. The molecule has 0 heterocycles. The summed E-state index contributed by atoms with van der Waals surface area (Å²) in [4.78, 5) is 0. The number of halogens is 2. The van der Waals surface area contributed by atoms with Gasteiger partial charge in [-0.05, 0) is 45.5 Å². The van der Waals surface area contributed by atoms with E-state index in [4.69, 9.17) is 0 Å². The molecule has 4 heteroatoms. The summed E-state index contributed by atoms with van der Waals surface area (Å²) < 4.78 is 0.